The van der Waals surface area contributed by atoms with Gasteiger partial charge in [0.1, 0.15) is 0 Å². The second-order valence-corrected chi connectivity index (χ2v) is 8.39. The first-order valence-corrected chi connectivity index (χ1v) is 10.6. The summed E-state index contributed by atoms with van der Waals surface area (Å²) >= 11 is 6.21. The molecule has 6 nitrogen and oxygen atoms in total. The molecule has 0 bridgehead atoms. The summed E-state index contributed by atoms with van der Waals surface area (Å²) in [6.45, 7) is 2.39. The number of methoxy groups -OCH3 is 1. The Hall–Kier alpha value is -2.35. The maximum absolute atomic E-state index is 13.4. The lowest BCUT2D eigenvalue weighted by molar-refractivity contribution is -0.117. The molecule has 0 saturated carbocycles. The Morgan fingerprint density at radius 1 is 1.18 bits per heavy atom. The number of carbonyl (C=O) groups is 1. The van der Waals surface area contributed by atoms with Crippen LogP contribution in [0.3, 0.4) is 0 Å². The molecule has 1 aliphatic heterocycles. The zero-order valence-electron chi connectivity index (χ0n) is 15.6. The van der Waals surface area contributed by atoms with Crippen LogP contribution >= 0.6 is 11.6 Å². The van der Waals surface area contributed by atoms with Gasteiger partial charge >= 0.3 is 0 Å². The van der Waals surface area contributed by atoms with Gasteiger partial charge in [0.25, 0.3) is 15.9 Å². The van der Waals surface area contributed by atoms with Crippen LogP contribution in [0.15, 0.2) is 53.4 Å². The first-order valence-electron chi connectivity index (χ1n) is 8.81. The minimum Gasteiger partial charge on any atom is -0.383 e. The van der Waals surface area contributed by atoms with Crippen molar-refractivity contribution in [1.29, 1.82) is 0 Å². The third kappa shape index (κ3) is 3.65. The topological polar surface area (TPSA) is 75.7 Å². The van der Waals surface area contributed by atoms with E-state index in [4.69, 9.17) is 16.3 Å². The van der Waals surface area contributed by atoms with Crippen molar-refractivity contribution in [2.24, 2.45) is 0 Å². The van der Waals surface area contributed by atoms with Crippen molar-refractivity contribution in [3.63, 3.8) is 0 Å². The Morgan fingerprint density at radius 3 is 2.54 bits per heavy atom. The van der Waals surface area contributed by atoms with Gasteiger partial charge in [-0.2, -0.15) is 0 Å². The lowest BCUT2D eigenvalue weighted by Gasteiger charge is -2.33. The average molecular weight is 421 g/mol. The fourth-order valence-electron chi connectivity index (χ4n) is 3.23. The first kappa shape index (κ1) is 20.4. The van der Waals surface area contributed by atoms with Crippen molar-refractivity contribution in [1.82, 2.24) is 5.32 Å². The molecule has 0 aliphatic carbocycles. The number of hydrogen-bond acceptors (Lipinski definition) is 4. The number of hydrogen-bond donors (Lipinski definition) is 1. The number of nitrogens with one attached hydrogen (secondary N) is 1. The van der Waals surface area contributed by atoms with Gasteiger partial charge in [-0.3, -0.25) is 9.10 Å². The van der Waals surface area contributed by atoms with Crippen molar-refractivity contribution in [2.45, 2.75) is 6.92 Å². The van der Waals surface area contributed by atoms with Gasteiger partial charge in [-0.25, -0.2) is 8.42 Å². The standard InChI is InChI=1S/C20H21ClN2O4S/c1-3-23-17-10-9-15(21)13-16(17)18(14-7-5-4-6-8-14)19(28(23,25)26)20(24)22-11-12-27-2/h4-10,13H,3,11-12H2,1-2H3,(H,22,24). The molecule has 0 unspecified atom stereocenters. The normalized spacial score (nSPS) is 15.3. The Morgan fingerprint density at radius 2 is 1.89 bits per heavy atom. The molecule has 1 N–H and O–H groups in total. The van der Waals surface area contributed by atoms with Crippen LogP contribution in [0.5, 0.6) is 0 Å². The predicted molar refractivity (Wildman–Crippen MR) is 111 cm³/mol. The van der Waals surface area contributed by atoms with Gasteiger partial charge in [0.05, 0.1) is 12.3 Å². The van der Waals surface area contributed by atoms with E-state index >= 15 is 0 Å². The number of rotatable bonds is 6. The van der Waals surface area contributed by atoms with Crippen molar-refractivity contribution in [3.8, 4) is 0 Å². The largest absolute Gasteiger partial charge is 0.383 e. The minimum absolute atomic E-state index is 0.188. The van der Waals surface area contributed by atoms with Crippen LogP contribution in [0.4, 0.5) is 5.69 Å². The highest BCUT2D eigenvalue weighted by Crippen LogP contribution is 2.43. The Balaban J connectivity index is 2.32. The SMILES string of the molecule is CCN1c2ccc(Cl)cc2C(c2ccccc2)=C(C(=O)NCCOC)S1(=O)=O. The van der Waals surface area contributed by atoms with Crippen LogP contribution in [0.1, 0.15) is 18.1 Å². The van der Waals surface area contributed by atoms with Crippen molar-refractivity contribution in [3.05, 3.63) is 69.6 Å². The van der Waals surface area contributed by atoms with Gasteiger partial charge in [0, 0.05) is 36.4 Å². The molecule has 1 aliphatic rings. The van der Waals surface area contributed by atoms with Crippen LogP contribution in [0, 0.1) is 0 Å². The second-order valence-electron chi connectivity index (χ2n) is 6.15. The average Bonchev–Trinajstić information content (AvgIpc) is 2.67. The number of carbonyl (C=O) groups excluding carboxylic acids is 1. The summed E-state index contributed by atoms with van der Waals surface area (Å²) in [6, 6.07) is 14.0. The maximum atomic E-state index is 13.4. The molecule has 0 fully saturated rings. The Labute approximate surface area is 169 Å². The maximum Gasteiger partial charge on any atom is 0.270 e. The summed E-state index contributed by atoms with van der Waals surface area (Å²) in [7, 11) is -2.55. The molecule has 0 radical (unpaired) electrons. The van der Waals surface area contributed by atoms with E-state index in [2.05, 4.69) is 5.32 Å². The molecule has 0 aromatic heterocycles. The molecule has 2 aromatic rings. The van der Waals surface area contributed by atoms with E-state index in [1.54, 1.807) is 49.4 Å². The van der Waals surface area contributed by atoms with Crippen LogP contribution in [-0.2, 0) is 19.6 Å². The molecule has 3 rings (SSSR count). The molecule has 0 atom stereocenters. The van der Waals surface area contributed by atoms with E-state index in [-0.39, 0.29) is 24.6 Å². The van der Waals surface area contributed by atoms with E-state index < -0.39 is 15.9 Å². The highest BCUT2D eigenvalue weighted by Gasteiger charge is 2.40. The lowest BCUT2D eigenvalue weighted by Crippen LogP contribution is -2.42. The summed E-state index contributed by atoms with van der Waals surface area (Å²) in [6.07, 6.45) is 0. The van der Waals surface area contributed by atoms with Crippen molar-refractivity contribution >= 4 is 38.8 Å². The monoisotopic (exact) mass is 420 g/mol. The Bertz CT molecular complexity index is 1020. The highest BCUT2D eigenvalue weighted by atomic mass is 35.5. The molecule has 0 saturated heterocycles. The van der Waals surface area contributed by atoms with Gasteiger partial charge in [0.2, 0.25) is 0 Å². The molecule has 1 heterocycles. The number of anilines is 1. The van der Waals surface area contributed by atoms with Gasteiger partial charge in [-0.15, -0.1) is 0 Å². The smallest absolute Gasteiger partial charge is 0.270 e. The predicted octanol–water partition coefficient (Wildman–Crippen LogP) is 3.03. The fraction of sp³-hybridized carbons (Fsp3) is 0.250. The van der Waals surface area contributed by atoms with E-state index in [1.165, 1.54) is 11.4 Å². The molecule has 148 valence electrons. The van der Waals surface area contributed by atoms with Crippen LogP contribution in [0.2, 0.25) is 5.02 Å². The molecule has 2 aromatic carbocycles. The summed E-state index contributed by atoms with van der Waals surface area (Å²) < 4.78 is 33.0. The molecule has 8 heteroatoms. The van der Waals surface area contributed by atoms with E-state index in [1.807, 2.05) is 6.07 Å². The van der Waals surface area contributed by atoms with Crippen LogP contribution in [0.25, 0.3) is 5.57 Å². The van der Waals surface area contributed by atoms with Crippen LogP contribution in [-0.4, -0.2) is 41.1 Å². The third-order valence-electron chi connectivity index (χ3n) is 4.42. The van der Waals surface area contributed by atoms with E-state index in [0.29, 0.717) is 27.4 Å². The van der Waals surface area contributed by atoms with Gasteiger partial charge in [-0.1, -0.05) is 41.9 Å². The summed E-state index contributed by atoms with van der Waals surface area (Å²) in [5.41, 5.74) is 2.08. The fourth-order valence-corrected chi connectivity index (χ4v) is 5.17. The number of ether oxygens (including phenoxy) is 1. The summed E-state index contributed by atoms with van der Waals surface area (Å²) in [4.78, 5) is 12.7. The molecular formula is C20H21ClN2O4S. The highest BCUT2D eigenvalue weighted by molar-refractivity contribution is 7.97. The molecule has 1 amide bonds. The molecular weight excluding hydrogens is 400 g/mol. The van der Waals surface area contributed by atoms with Gasteiger partial charge < -0.3 is 10.1 Å². The number of nitrogens with zero attached hydrogens (tertiary/aromatic N) is 1. The molecule has 28 heavy (non-hydrogen) atoms. The van der Waals surface area contributed by atoms with Crippen LogP contribution < -0.4 is 9.62 Å². The lowest BCUT2D eigenvalue weighted by atomic mass is 9.95. The second kappa shape index (κ2) is 8.34. The third-order valence-corrected chi connectivity index (χ3v) is 6.60. The minimum atomic E-state index is -4.06. The van der Waals surface area contributed by atoms with Crippen molar-refractivity contribution < 1.29 is 17.9 Å². The van der Waals surface area contributed by atoms with E-state index in [0.717, 1.165) is 0 Å². The quantitative estimate of drug-likeness (QED) is 0.729. The number of benzene rings is 2. The zero-order valence-corrected chi connectivity index (χ0v) is 17.2. The molecule has 0 spiro atoms. The van der Waals surface area contributed by atoms with E-state index in [9.17, 15) is 13.2 Å². The number of fused-ring (bicyclic) bond motifs is 1. The summed E-state index contributed by atoms with van der Waals surface area (Å²) in [5.74, 6) is -0.667. The van der Waals surface area contributed by atoms with Crippen molar-refractivity contribution in [2.75, 3.05) is 31.1 Å². The number of amides is 1. The zero-order chi connectivity index (χ0) is 20.3. The Kier molecular flexibility index (Phi) is 6.07. The number of sulfonamides is 1. The van der Waals surface area contributed by atoms with Gasteiger partial charge in [-0.05, 0) is 30.7 Å². The van der Waals surface area contributed by atoms with Gasteiger partial charge in [0.15, 0.2) is 4.91 Å². The summed E-state index contributed by atoms with van der Waals surface area (Å²) in [5, 5.41) is 3.10. The number of halogens is 1. The first-order chi connectivity index (χ1) is 13.4.